The normalized spacial score (nSPS) is 18.1. The molecule has 35 heavy (non-hydrogen) atoms. The van der Waals surface area contributed by atoms with Gasteiger partial charge in [0.1, 0.15) is 12.1 Å². The molecule has 0 saturated heterocycles. The van der Waals surface area contributed by atoms with Crippen LogP contribution < -0.4 is 10.6 Å². The molecule has 2 amide bonds. The molecule has 1 aliphatic rings. The Labute approximate surface area is 205 Å². The molecule has 0 heterocycles. The van der Waals surface area contributed by atoms with Crippen molar-refractivity contribution in [2.45, 2.75) is 43.6 Å². The number of hydrogen-bond acceptors (Lipinski definition) is 4. The molecule has 4 rings (SSSR count). The van der Waals surface area contributed by atoms with E-state index in [4.69, 9.17) is 4.74 Å². The van der Waals surface area contributed by atoms with Crippen molar-refractivity contribution in [3.05, 3.63) is 120 Å². The zero-order valence-electron chi connectivity index (χ0n) is 19.5. The minimum Gasteiger partial charge on any atom is -0.445 e. The summed E-state index contributed by atoms with van der Waals surface area (Å²) in [5, 5.41) is 16.5. The number of aliphatic hydroxyl groups is 1. The van der Waals surface area contributed by atoms with Crippen molar-refractivity contribution in [2.75, 3.05) is 0 Å². The van der Waals surface area contributed by atoms with Crippen LogP contribution in [0, 0.1) is 0 Å². The summed E-state index contributed by atoms with van der Waals surface area (Å²) in [6.45, 7) is 3.91. The third kappa shape index (κ3) is 5.78. The van der Waals surface area contributed by atoms with Crippen molar-refractivity contribution in [3.8, 4) is 0 Å². The van der Waals surface area contributed by atoms with E-state index >= 15 is 0 Å². The third-order valence-electron chi connectivity index (χ3n) is 6.32. The number of amides is 2. The van der Waals surface area contributed by atoms with Crippen molar-refractivity contribution in [3.63, 3.8) is 0 Å². The van der Waals surface area contributed by atoms with Gasteiger partial charge in [-0.05, 0) is 28.7 Å². The molecular formula is C29H30N2O4. The van der Waals surface area contributed by atoms with E-state index in [9.17, 15) is 14.7 Å². The molecule has 180 valence electrons. The van der Waals surface area contributed by atoms with Crippen LogP contribution in [0.2, 0.25) is 0 Å². The number of carbonyl (C=O) groups excluding carboxylic acids is 2. The highest BCUT2D eigenvalue weighted by atomic mass is 16.5. The Hall–Kier alpha value is -3.90. The van der Waals surface area contributed by atoms with Crippen LogP contribution in [0.25, 0.3) is 0 Å². The van der Waals surface area contributed by atoms with Gasteiger partial charge in [0.2, 0.25) is 5.91 Å². The first-order valence-corrected chi connectivity index (χ1v) is 11.7. The fourth-order valence-corrected chi connectivity index (χ4v) is 4.57. The molecule has 3 N–H and O–H groups in total. The SMILES string of the molecule is C=CC[C@@](Cc1ccccc1)(NC(=O)OCc1ccccc1)C(=O)N[C@H]1c2ccccc2C[C@H]1O. The number of carbonyl (C=O) groups is 2. The Morgan fingerprint density at radius 1 is 0.971 bits per heavy atom. The summed E-state index contributed by atoms with van der Waals surface area (Å²) in [6, 6.07) is 25.9. The van der Waals surface area contributed by atoms with Gasteiger partial charge in [-0.1, -0.05) is 91.0 Å². The van der Waals surface area contributed by atoms with Crippen LogP contribution in [0.1, 0.15) is 34.7 Å². The maximum atomic E-state index is 13.8. The monoisotopic (exact) mass is 470 g/mol. The molecule has 0 bridgehead atoms. The maximum Gasteiger partial charge on any atom is 0.408 e. The standard InChI is InChI=1S/C29H30N2O4/c1-2-17-29(19-21-11-5-3-6-12-21,31-28(34)35-20-22-13-7-4-8-14-22)27(33)30-26-24-16-10-9-15-23(24)18-25(26)32/h2-16,25-26,32H,1,17-20H2,(H,30,33)(H,31,34)/t25-,26+,29+/m1/s1. The van der Waals surface area contributed by atoms with E-state index in [1.807, 2.05) is 84.9 Å². The topological polar surface area (TPSA) is 87.7 Å². The second-order valence-corrected chi connectivity index (χ2v) is 8.85. The number of alkyl carbamates (subject to hydrolysis) is 1. The first kappa shape index (κ1) is 24.2. The number of benzene rings is 3. The van der Waals surface area contributed by atoms with Crippen LogP contribution in [-0.2, 0) is 29.0 Å². The summed E-state index contributed by atoms with van der Waals surface area (Å²) in [4.78, 5) is 26.7. The average molecular weight is 471 g/mol. The number of aliphatic hydroxyl groups excluding tert-OH is 1. The molecule has 3 aromatic rings. The van der Waals surface area contributed by atoms with Gasteiger partial charge in [-0.3, -0.25) is 4.79 Å². The molecule has 0 radical (unpaired) electrons. The predicted molar refractivity (Wildman–Crippen MR) is 134 cm³/mol. The van der Waals surface area contributed by atoms with Crippen molar-refractivity contribution in [1.82, 2.24) is 10.6 Å². The number of hydrogen-bond donors (Lipinski definition) is 3. The Bertz CT molecular complexity index is 1170. The molecule has 0 fully saturated rings. The smallest absolute Gasteiger partial charge is 0.408 e. The molecule has 0 unspecified atom stereocenters. The number of ether oxygens (including phenoxy) is 1. The summed E-state index contributed by atoms with van der Waals surface area (Å²) < 4.78 is 5.45. The molecular weight excluding hydrogens is 440 g/mol. The van der Waals surface area contributed by atoms with E-state index in [-0.39, 0.29) is 19.4 Å². The number of nitrogens with one attached hydrogen (secondary N) is 2. The van der Waals surface area contributed by atoms with Gasteiger partial charge < -0.3 is 20.5 Å². The van der Waals surface area contributed by atoms with Gasteiger partial charge in [-0.15, -0.1) is 6.58 Å². The van der Waals surface area contributed by atoms with E-state index < -0.39 is 29.7 Å². The number of rotatable bonds is 9. The average Bonchev–Trinajstić information content (AvgIpc) is 3.19. The van der Waals surface area contributed by atoms with Gasteiger partial charge in [0.05, 0.1) is 12.1 Å². The van der Waals surface area contributed by atoms with Gasteiger partial charge in [-0.25, -0.2) is 4.79 Å². The summed E-state index contributed by atoms with van der Waals surface area (Å²) in [6.07, 6.45) is 1.03. The van der Waals surface area contributed by atoms with E-state index in [2.05, 4.69) is 17.2 Å². The van der Waals surface area contributed by atoms with Gasteiger partial charge in [-0.2, -0.15) is 0 Å². The third-order valence-corrected chi connectivity index (χ3v) is 6.32. The zero-order valence-corrected chi connectivity index (χ0v) is 19.5. The van der Waals surface area contributed by atoms with Crippen LogP contribution >= 0.6 is 0 Å². The van der Waals surface area contributed by atoms with Crippen LogP contribution in [0.3, 0.4) is 0 Å². The van der Waals surface area contributed by atoms with Gasteiger partial charge >= 0.3 is 6.09 Å². The van der Waals surface area contributed by atoms with Gasteiger partial charge in [0.25, 0.3) is 0 Å². The second kappa shape index (κ2) is 11.0. The van der Waals surface area contributed by atoms with Crippen molar-refractivity contribution >= 4 is 12.0 Å². The second-order valence-electron chi connectivity index (χ2n) is 8.85. The van der Waals surface area contributed by atoms with Crippen LogP contribution in [0.5, 0.6) is 0 Å². The molecule has 0 aliphatic heterocycles. The fraction of sp³-hybridized carbons (Fsp3) is 0.241. The molecule has 6 nitrogen and oxygen atoms in total. The molecule has 1 aliphatic carbocycles. The van der Waals surface area contributed by atoms with Crippen molar-refractivity contribution < 1.29 is 19.4 Å². The molecule has 0 saturated carbocycles. The van der Waals surface area contributed by atoms with Crippen LogP contribution in [-0.4, -0.2) is 28.7 Å². The molecule has 0 aromatic heterocycles. The lowest BCUT2D eigenvalue weighted by atomic mass is 9.86. The highest BCUT2D eigenvalue weighted by molar-refractivity contribution is 5.91. The van der Waals surface area contributed by atoms with Gasteiger partial charge in [0.15, 0.2) is 0 Å². The summed E-state index contributed by atoms with van der Waals surface area (Å²) in [5.74, 6) is -0.404. The first-order valence-electron chi connectivity index (χ1n) is 11.7. The minimum atomic E-state index is -1.35. The largest absolute Gasteiger partial charge is 0.445 e. The first-order chi connectivity index (χ1) is 17.0. The van der Waals surface area contributed by atoms with E-state index in [1.54, 1.807) is 6.08 Å². The summed E-state index contributed by atoms with van der Waals surface area (Å²) in [7, 11) is 0. The zero-order chi connectivity index (χ0) is 24.7. The lowest BCUT2D eigenvalue weighted by Gasteiger charge is -2.34. The molecule has 3 atom stereocenters. The van der Waals surface area contributed by atoms with E-state index in [0.29, 0.717) is 6.42 Å². The van der Waals surface area contributed by atoms with E-state index in [0.717, 1.165) is 22.3 Å². The molecule has 3 aromatic carbocycles. The van der Waals surface area contributed by atoms with Crippen LogP contribution in [0.4, 0.5) is 4.79 Å². The lowest BCUT2D eigenvalue weighted by molar-refractivity contribution is -0.129. The van der Waals surface area contributed by atoms with E-state index in [1.165, 1.54) is 0 Å². The quantitative estimate of drug-likeness (QED) is 0.408. The Morgan fingerprint density at radius 2 is 1.60 bits per heavy atom. The Kier molecular flexibility index (Phi) is 7.63. The highest BCUT2D eigenvalue weighted by Crippen LogP contribution is 2.32. The Morgan fingerprint density at radius 3 is 2.29 bits per heavy atom. The van der Waals surface area contributed by atoms with Crippen LogP contribution in [0.15, 0.2) is 97.6 Å². The summed E-state index contributed by atoms with van der Waals surface area (Å²) >= 11 is 0. The Balaban J connectivity index is 1.58. The molecule has 6 heteroatoms. The summed E-state index contributed by atoms with van der Waals surface area (Å²) in [5.41, 5.74) is 2.24. The fourth-order valence-electron chi connectivity index (χ4n) is 4.57. The predicted octanol–water partition coefficient (Wildman–Crippen LogP) is 4.24. The van der Waals surface area contributed by atoms with Gasteiger partial charge in [0, 0.05) is 12.8 Å². The van der Waals surface area contributed by atoms with Crippen molar-refractivity contribution in [1.29, 1.82) is 0 Å². The lowest BCUT2D eigenvalue weighted by Crippen LogP contribution is -2.61. The molecule has 0 spiro atoms. The highest BCUT2D eigenvalue weighted by Gasteiger charge is 2.42. The minimum absolute atomic E-state index is 0.0819. The maximum absolute atomic E-state index is 13.8. The number of fused-ring (bicyclic) bond motifs is 1. The van der Waals surface area contributed by atoms with Crippen molar-refractivity contribution in [2.24, 2.45) is 0 Å².